The van der Waals surface area contributed by atoms with Crippen molar-refractivity contribution < 1.29 is 18.4 Å². The first-order valence-electron chi connectivity index (χ1n) is 10.3. The zero-order chi connectivity index (χ0) is 20.6. The van der Waals surface area contributed by atoms with E-state index >= 15 is 0 Å². The van der Waals surface area contributed by atoms with Gasteiger partial charge in [0.15, 0.2) is 5.76 Å². The molecule has 9 heteroatoms. The second kappa shape index (κ2) is 10.2. The molecule has 1 aliphatic carbocycles. The average molecular weight is 403 g/mol. The molecule has 0 aromatic carbocycles. The molecule has 0 bridgehead atoms. The Morgan fingerprint density at radius 2 is 2.07 bits per heavy atom. The molecule has 2 aromatic heterocycles. The van der Waals surface area contributed by atoms with Gasteiger partial charge in [-0.2, -0.15) is 0 Å². The van der Waals surface area contributed by atoms with E-state index < -0.39 is 12.1 Å². The number of aromatic nitrogens is 2. The maximum absolute atomic E-state index is 12.6. The fourth-order valence-electron chi connectivity index (χ4n) is 3.54. The predicted molar refractivity (Wildman–Crippen MR) is 106 cm³/mol. The summed E-state index contributed by atoms with van der Waals surface area (Å²) in [6, 6.07) is 2.68. The third kappa shape index (κ3) is 5.90. The number of hydrogen-bond donors (Lipinski definition) is 2. The van der Waals surface area contributed by atoms with Gasteiger partial charge >= 0.3 is 6.03 Å². The number of carbonyl (C=O) groups is 2. The quantitative estimate of drug-likeness (QED) is 0.696. The van der Waals surface area contributed by atoms with Crippen molar-refractivity contribution in [1.29, 1.82) is 0 Å². The van der Waals surface area contributed by atoms with Crippen molar-refractivity contribution in [2.75, 3.05) is 6.54 Å². The molecule has 1 atom stereocenters. The monoisotopic (exact) mass is 403 g/mol. The summed E-state index contributed by atoms with van der Waals surface area (Å²) >= 11 is 0. The van der Waals surface area contributed by atoms with Gasteiger partial charge in [0.05, 0.1) is 18.8 Å². The summed E-state index contributed by atoms with van der Waals surface area (Å²) in [6.07, 6.45) is 7.74. The van der Waals surface area contributed by atoms with Crippen LogP contribution >= 0.6 is 0 Å². The van der Waals surface area contributed by atoms with E-state index in [0.29, 0.717) is 30.6 Å². The molecular weight excluding hydrogens is 374 g/mol. The number of nitrogens with zero attached hydrogens (tertiary/aromatic N) is 3. The van der Waals surface area contributed by atoms with Gasteiger partial charge < -0.3 is 14.2 Å². The number of furan rings is 1. The summed E-state index contributed by atoms with van der Waals surface area (Å²) in [5.41, 5.74) is 0. The zero-order valence-corrected chi connectivity index (χ0v) is 17.0. The van der Waals surface area contributed by atoms with E-state index in [1.807, 2.05) is 11.8 Å². The van der Waals surface area contributed by atoms with Crippen LogP contribution in [0.2, 0.25) is 0 Å². The molecule has 0 radical (unpaired) electrons. The summed E-state index contributed by atoms with van der Waals surface area (Å²) in [5.74, 6) is 0.829. The Labute approximate surface area is 170 Å². The van der Waals surface area contributed by atoms with E-state index in [1.54, 1.807) is 19.1 Å². The van der Waals surface area contributed by atoms with Crippen LogP contribution in [0.1, 0.15) is 58.3 Å². The predicted octanol–water partition coefficient (Wildman–Crippen LogP) is 3.09. The molecule has 1 saturated carbocycles. The van der Waals surface area contributed by atoms with E-state index in [9.17, 15) is 9.59 Å². The van der Waals surface area contributed by atoms with Gasteiger partial charge in [-0.15, -0.1) is 10.2 Å². The fourth-order valence-corrected chi connectivity index (χ4v) is 3.54. The molecule has 1 aliphatic rings. The van der Waals surface area contributed by atoms with Crippen LogP contribution in [0.3, 0.4) is 0 Å². The van der Waals surface area contributed by atoms with Crippen molar-refractivity contribution in [3.05, 3.63) is 24.3 Å². The van der Waals surface area contributed by atoms with Gasteiger partial charge in [0.2, 0.25) is 11.8 Å². The third-order valence-corrected chi connectivity index (χ3v) is 5.15. The first-order chi connectivity index (χ1) is 14.1. The molecule has 0 aliphatic heterocycles. The van der Waals surface area contributed by atoms with Crippen LogP contribution in [0.15, 0.2) is 27.2 Å². The fraction of sp³-hybridized carbons (Fsp3) is 0.600. The van der Waals surface area contributed by atoms with Crippen LogP contribution in [-0.2, 0) is 11.3 Å². The SMILES string of the molecule is CCCN(Cc1nnc(-c2ccco2)o1)[C@@H](C)C(=O)NC(=O)NC1CCCCC1. The van der Waals surface area contributed by atoms with Crippen LogP contribution in [-0.4, -0.2) is 45.7 Å². The molecule has 9 nitrogen and oxygen atoms in total. The normalized spacial score (nSPS) is 16.0. The molecule has 29 heavy (non-hydrogen) atoms. The number of hydrogen-bond acceptors (Lipinski definition) is 7. The molecule has 1 fully saturated rings. The molecule has 158 valence electrons. The first kappa shape index (κ1) is 21.0. The zero-order valence-electron chi connectivity index (χ0n) is 17.0. The topological polar surface area (TPSA) is 114 Å². The van der Waals surface area contributed by atoms with E-state index in [1.165, 1.54) is 12.7 Å². The van der Waals surface area contributed by atoms with Gasteiger partial charge in [-0.05, 0) is 44.9 Å². The smallest absolute Gasteiger partial charge is 0.321 e. The van der Waals surface area contributed by atoms with Crippen molar-refractivity contribution in [1.82, 2.24) is 25.7 Å². The summed E-state index contributed by atoms with van der Waals surface area (Å²) in [6.45, 7) is 4.75. The number of amides is 3. The molecule has 3 amide bonds. The van der Waals surface area contributed by atoms with Gasteiger partial charge in [-0.3, -0.25) is 15.0 Å². The highest BCUT2D eigenvalue weighted by Gasteiger charge is 2.25. The van der Waals surface area contributed by atoms with Crippen LogP contribution in [0.4, 0.5) is 4.79 Å². The van der Waals surface area contributed by atoms with Crippen LogP contribution in [0.5, 0.6) is 0 Å². The van der Waals surface area contributed by atoms with Gasteiger partial charge in [-0.1, -0.05) is 26.2 Å². The molecule has 2 heterocycles. The Bertz CT molecular complexity index is 783. The maximum Gasteiger partial charge on any atom is 0.321 e. The highest BCUT2D eigenvalue weighted by Crippen LogP contribution is 2.19. The van der Waals surface area contributed by atoms with Crippen molar-refractivity contribution in [2.24, 2.45) is 0 Å². The number of imide groups is 1. The van der Waals surface area contributed by atoms with Crippen molar-refractivity contribution in [2.45, 2.75) is 71.0 Å². The standard InChI is InChI=1S/C20H29N5O4/c1-3-11-25(13-17-23-24-19(29-17)16-10-7-12-28-16)14(2)18(26)22-20(27)21-15-8-5-4-6-9-15/h7,10,12,14-15H,3-6,8-9,11,13H2,1-2H3,(H2,21,22,26,27)/t14-/m0/s1. The van der Waals surface area contributed by atoms with Crippen molar-refractivity contribution >= 4 is 11.9 Å². The minimum absolute atomic E-state index is 0.150. The molecule has 2 aromatic rings. The highest BCUT2D eigenvalue weighted by atomic mass is 16.4. The second-order valence-corrected chi connectivity index (χ2v) is 7.42. The molecule has 0 spiro atoms. The summed E-state index contributed by atoms with van der Waals surface area (Å²) in [5, 5.41) is 13.4. The number of urea groups is 1. The van der Waals surface area contributed by atoms with E-state index in [2.05, 4.69) is 20.8 Å². The third-order valence-electron chi connectivity index (χ3n) is 5.15. The van der Waals surface area contributed by atoms with Gasteiger partial charge in [0.1, 0.15) is 0 Å². The van der Waals surface area contributed by atoms with E-state index in [-0.39, 0.29) is 11.9 Å². The summed E-state index contributed by atoms with van der Waals surface area (Å²) in [7, 11) is 0. The Morgan fingerprint density at radius 3 is 2.76 bits per heavy atom. The molecular formula is C20H29N5O4. The summed E-state index contributed by atoms with van der Waals surface area (Å²) < 4.78 is 10.9. The minimum Gasteiger partial charge on any atom is -0.459 e. The van der Waals surface area contributed by atoms with E-state index in [0.717, 1.165) is 32.1 Å². The molecule has 0 saturated heterocycles. The van der Waals surface area contributed by atoms with Gasteiger partial charge in [0.25, 0.3) is 5.89 Å². The van der Waals surface area contributed by atoms with E-state index in [4.69, 9.17) is 8.83 Å². The Morgan fingerprint density at radius 1 is 1.28 bits per heavy atom. The minimum atomic E-state index is -0.522. The summed E-state index contributed by atoms with van der Waals surface area (Å²) in [4.78, 5) is 26.7. The van der Waals surface area contributed by atoms with Crippen molar-refractivity contribution in [3.8, 4) is 11.7 Å². The number of nitrogens with one attached hydrogen (secondary N) is 2. The van der Waals surface area contributed by atoms with Crippen LogP contribution in [0, 0.1) is 0 Å². The average Bonchev–Trinajstić information content (AvgIpc) is 3.39. The van der Waals surface area contributed by atoms with Gasteiger partial charge in [-0.25, -0.2) is 4.79 Å². The Hall–Kier alpha value is -2.68. The van der Waals surface area contributed by atoms with Gasteiger partial charge in [0, 0.05) is 6.04 Å². The Kier molecular flexibility index (Phi) is 7.40. The number of carbonyl (C=O) groups excluding carboxylic acids is 2. The largest absolute Gasteiger partial charge is 0.459 e. The van der Waals surface area contributed by atoms with Crippen molar-refractivity contribution in [3.63, 3.8) is 0 Å². The highest BCUT2D eigenvalue weighted by molar-refractivity contribution is 5.96. The molecule has 0 unspecified atom stereocenters. The lowest BCUT2D eigenvalue weighted by molar-refractivity contribution is -0.125. The lowest BCUT2D eigenvalue weighted by Crippen LogP contribution is -2.51. The van der Waals surface area contributed by atoms with Crippen LogP contribution in [0.25, 0.3) is 11.7 Å². The Balaban J connectivity index is 1.55. The lowest BCUT2D eigenvalue weighted by atomic mass is 9.96. The lowest BCUT2D eigenvalue weighted by Gasteiger charge is -2.27. The van der Waals surface area contributed by atoms with Crippen LogP contribution < -0.4 is 10.6 Å². The number of rotatable bonds is 8. The maximum atomic E-state index is 12.6. The first-order valence-corrected chi connectivity index (χ1v) is 10.3. The molecule has 2 N–H and O–H groups in total. The molecule has 3 rings (SSSR count). The second-order valence-electron chi connectivity index (χ2n) is 7.42.